The fraction of sp³-hybridized carbons (Fsp3) is 0.132. The number of benzene rings is 7. The van der Waals surface area contributed by atoms with Crippen LogP contribution >= 0.6 is 0 Å². The Morgan fingerprint density at radius 3 is 1.75 bits per heavy atom. The van der Waals surface area contributed by atoms with Gasteiger partial charge in [-0.2, -0.15) is 0 Å². The van der Waals surface area contributed by atoms with E-state index in [1.165, 1.54) is 22.0 Å². The Morgan fingerprint density at radius 2 is 1.10 bits per heavy atom. The third kappa shape index (κ3) is 5.42. The average molecular weight is 781 g/mol. The zero-order valence-electron chi connectivity index (χ0n) is 34.0. The lowest BCUT2D eigenvalue weighted by Crippen LogP contribution is -2.61. The number of ether oxygens (including phenoxy) is 2. The van der Waals surface area contributed by atoms with Gasteiger partial charge in [0.1, 0.15) is 35.9 Å². The summed E-state index contributed by atoms with van der Waals surface area (Å²) in [5.74, 6) is 3.22. The van der Waals surface area contributed by atoms with Crippen LogP contribution in [0.1, 0.15) is 31.9 Å². The first-order chi connectivity index (χ1) is 29.2. The van der Waals surface area contributed by atoms with Gasteiger partial charge in [-0.3, -0.25) is 0 Å². The number of hydrogen-bond donors (Lipinski definition) is 0. The lowest BCUT2D eigenvalue weighted by molar-refractivity contribution is 0.172. The highest BCUT2D eigenvalue weighted by molar-refractivity contribution is 7.00. The van der Waals surface area contributed by atoms with Gasteiger partial charge in [0.05, 0.1) is 0 Å². The van der Waals surface area contributed by atoms with Crippen molar-refractivity contribution in [3.8, 4) is 34.1 Å². The number of aryl methyl sites for hydroxylation is 1. The van der Waals surface area contributed by atoms with E-state index in [1.807, 2.05) is 24.3 Å². The smallest absolute Gasteiger partial charge is 0.252 e. The topological polar surface area (TPSA) is 51.2 Å². The fourth-order valence-electron chi connectivity index (χ4n) is 9.53. The fourth-order valence-corrected chi connectivity index (χ4v) is 9.53. The Morgan fingerprint density at radius 1 is 0.500 bits per heavy atom. The van der Waals surface area contributed by atoms with Crippen molar-refractivity contribution in [1.29, 1.82) is 0 Å². The minimum absolute atomic E-state index is 0.0263. The van der Waals surface area contributed by atoms with Crippen molar-refractivity contribution in [1.82, 2.24) is 0 Å². The van der Waals surface area contributed by atoms with E-state index in [1.54, 1.807) is 0 Å². The van der Waals surface area contributed by atoms with E-state index in [0.29, 0.717) is 13.2 Å². The maximum absolute atomic E-state index is 6.51. The molecule has 0 radical (unpaired) electrons. The largest absolute Gasteiger partial charge is 0.486 e. The summed E-state index contributed by atoms with van der Waals surface area (Å²) in [5, 5.41) is 2.16. The molecule has 0 aliphatic carbocycles. The van der Waals surface area contributed by atoms with E-state index in [4.69, 9.17) is 18.3 Å². The third-order valence-electron chi connectivity index (χ3n) is 12.4. The van der Waals surface area contributed by atoms with Crippen LogP contribution in [0.3, 0.4) is 0 Å². The quantitative estimate of drug-likeness (QED) is 0.166. The third-order valence-corrected chi connectivity index (χ3v) is 12.4. The van der Waals surface area contributed by atoms with Crippen molar-refractivity contribution in [2.45, 2.75) is 33.1 Å². The Labute approximate surface area is 349 Å². The number of anilines is 6. The molecule has 0 fully saturated rings. The maximum atomic E-state index is 6.51. The minimum Gasteiger partial charge on any atom is -0.486 e. The van der Waals surface area contributed by atoms with Gasteiger partial charge < -0.3 is 28.1 Å². The maximum Gasteiger partial charge on any atom is 0.252 e. The molecule has 0 N–H and O–H groups in total. The molecule has 9 aromatic rings. The predicted molar refractivity (Wildman–Crippen MR) is 245 cm³/mol. The number of hydrogen-bond acceptors (Lipinski definition) is 6. The summed E-state index contributed by atoms with van der Waals surface area (Å²) < 4.78 is 25.5. The summed E-state index contributed by atoms with van der Waals surface area (Å²) in [4.78, 5) is 4.87. The highest BCUT2D eigenvalue weighted by Gasteiger charge is 2.44. The van der Waals surface area contributed by atoms with Gasteiger partial charge >= 0.3 is 0 Å². The van der Waals surface area contributed by atoms with Gasteiger partial charge in [0.2, 0.25) is 0 Å². The Hall–Kier alpha value is -7.12. The van der Waals surface area contributed by atoms with Crippen LogP contribution in [0.15, 0.2) is 160 Å². The second kappa shape index (κ2) is 12.9. The van der Waals surface area contributed by atoms with E-state index >= 15 is 0 Å². The van der Waals surface area contributed by atoms with Gasteiger partial charge in [0.15, 0.2) is 11.5 Å². The van der Waals surface area contributed by atoms with Crippen molar-refractivity contribution in [2.24, 2.45) is 0 Å². The Balaban J connectivity index is 1.12. The molecule has 0 spiro atoms. The monoisotopic (exact) mass is 780 g/mol. The highest BCUT2D eigenvalue weighted by Crippen LogP contribution is 2.48. The van der Waals surface area contributed by atoms with Crippen molar-refractivity contribution in [3.05, 3.63) is 163 Å². The van der Waals surface area contributed by atoms with E-state index in [0.717, 1.165) is 95.8 Å². The van der Waals surface area contributed by atoms with Gasteiger partial charge in [-0.25, -0.2) is 0 Å². The van der Waals surface area contributed by atoms with Crippen molar-refractivity contribution in [2.75, 3.05) is 23.0 Å². The summed E-state index contributed by atoms with van der Waals surface area (Å²) >= 11 is 0. The van der Waals surface area contributed by atoms with E-state index in [-0.39, 0.29) is 12.1 Å². The van der Waals surface area contributed by atoms with E-state index in [9.17, 15) is 0 Å². The summed E-state index contributed by atoms with van der Waals surface area (Å²) in [6.45, 7) is 9.93. The molecule has 60 heavy (non-hydrogen) atoms. The zero-order chi connectivity index (χ0) is 40.3. The van der Waals surface area contributed by atoms with Crippen molar-refractivity contribution >= 4 is 79.2 Å². The molecule has 0 saturated carbocycles. The molecular weight excluding hydrogens is 739 g/mol. The summed E-state index contributed by atoms with van der Waals surface area (Å²) in [6.07, 6.45) is 0. The van der Waals surface area contributed by atoms with E-state index < -0.39 is 0 Å². The lowest BCUT2D eigenvalue weighted by Gasteiger charge is -2.45. The van der Waals surface area contributed by atoms with Crippen LogP contribution in [0.25, 0.3) is 44.6 Å². The van der Waals surface area contributed by atoms with Gasteiger partial charge in [-0.15, -0.1) is 0 Å². The Bertz CT molecular complexity index is 3120. The molecule has 0 amide bonds. The molecule has 0 saturated heterocycles. The SMILES string of the molecule is Cc1cc2c3c(c1)N(c1ccc(C(C)(C)C)cc1)c1cc4c(cc1B3c1ccc(-c3cc5ccccc5o3)cc1N2c1cccc(-c2cc3ccccc3o2)c1)OCCO4. The number of para-hydroxylation sites is 2. The molecule has 7 aromatic carbocycles. The van der Waals surface area contributed by atoms with Gasteiger partial charge in [-0.05, 0) is 113 Å². The lowest BCUT2D eigenvalue weighted by atomic mass is 9.33. The molecule has 0 bridgehead atoms. The molecule has 5 heterocycles. The van der Waals surface area contributed by atoms with Crippen LogP contribution in [0, 0.1) is 6.92 Å². The Kier molecular flexibility index (Phi) is 7.52. The molecule has 12 rings (SSSR count). The second-order valence-electron chi connectivity index (χ2n) is 17.3. The minimum atomic E-state index is -0.0962. The summed E-state index contributed by atoms with van der Waals surface area (Å²) in [5.41, 5.74) is 16.4. The molecule has 3 aliphatic heterocycles. The number of rotatable bonds is 4. The molecule has 290 valence electrons. The second-order valence-corrected chi connectivity index (χ2v) is 17.3. The molecule has 0 atom stereocenters. The van der Waals surface area contributed by atoms with Crippen LogP contribution in [-0.2, 0) is 5.41 Å². The van der Waals surface area contributed by atoms with Gasteiger partial charge in [0.25, 0.3) is 6.71 Å². The molecule has 6 nitrogen and oxygen atoms in total. The molecular formula is C53H41BN2O4. The van der Waals surface area contributed by atoms with Crippen molar-refractivity contribution in [3.63, 3.8) is 0 Å². The first-order valence-electron chi connectivity index (χ1n) is 20.8. The number of furan rings is 2. The summed E-state index contributed by atoms with van der Waals surface area (Å²) in [7, 11) is 0. The van der Waals surface area contributed by atoms with Crippen LogP contribution in [0.5, 0.6) is 11.5 Å². The zero-order valence-corrected chi connectivity index (χ0v) is 34.0. The average Bonchev–Trinajstić information content (AvgIpc) is 3.91. The standard InChI is InChI=1S/C53H41BN2O4/c1-32-24-44-52-45(25-32)56(39-13-9-12-33(26-39)48-28-34-10-5-7-14-46(34)59-48)42-27-36(49-29-35-11-6-8-15-47(35)60-49)16-21-40(42)54(52)41-30-50-51(58-23-22-57-50)31-43(41)55(44)38-19-17-37(18-20-38)53(2,3)4/h5-21,24-31H,22-23H2,1-4H3. The first-order valence-corrected chi connectivity index (χ1v) is 20.8. The molecule has 0 unspecified atom stereocenters. The van der Waals surface area contributed by atoms with Crippen molar-refractivity contribution < 1.29 is 18.3 Å². The summed E-state index contributed by atoms with van der Waals surface area (Å²) in [6, 6.07) is 54.4. The molecule has 2 aromatic heterocycles. The number of fused-ring (bicyclic) bond motifs is 7. The van der Waals surface area contributed by atoms with Crippen LogP contribution in [0.2, 0.25) is 0 Å². The van der Waals surface area contributed by atoms with E-state index in [2.05, 4.69) is 165 Å². The molecule has 7 heteroatoms. The first kappa shape index (κ1) is 34.9. The van der Waals surface area contributed by atoms with Crippen LogP contribution in [-0.4, -0.2) is 19.9 Å². The predicted octanol–water partition coefficient (Wildman–Crippen LogP) is 12.0. The van der Waals surface area contributed by atoms with Gasteiger partial charge in [-0.1, -0.05) is 93.6 Å². The van der Waals surface area contributed by atoms with Gasteiger partial charge in [0, 0.05) is 62.1 Å². The van der Waals surface area contributed by atoms with Crippen LogP contribution < -0.4 is 35.7 Å². The normalized spacial score (nSPS) is 14.0. The number of nitrogens with zero attached hydrogens (tertiary/aromatic N) is 2. The highest BCUT2D eigenvalue weighted by atomic mass is 16.6. The van der Waals surface area contributed by atoms with Crippen LogP contribution in [0.4, 0.5) is 34.1 Å². The molecule has 3 aliphatic rings.